The minimum atomic E-state index is -1.34. The van der Waals surface area contributed by atoms with Gasteiger partial charge in [-0.3, -0.25) is 0 Å². The maximum absolute atomic E-state index is 13.0. The van der Waals surface area contributed by atoms with E-state index in [1.165, 1.54) is 6.92 Å². The van der Waals surface area contributed by atoms with E-state index in [0.717, 1.165) is 0 Å². The van der Waals surface area contributed by atoms with Crippen molar-refractivity contribution in [1.29, 1.82) is 0 Å². The van der Waals surface area contributed by atoms with Crippen LogP contribution in [0.1, 0.15) is 31.1 Å². The lowest BCUT2D eigenvalue weighted by atomic mass is 9.98. The third-order valence-corrected chi connectivity index (χ3v) is 2.36. The van der Waals surface area contributed by atoms with Gasteiger partial charge in [0.1, 0.15) is 6.17 Å². The topological polar surface area (TPSA) is 46.5 Å². The molecule has 1 aromatic rings. The van der Waals surface area contributed by atoms with Gasteiger partial charge >= 0.3 is 5.97 Å². The molecule has 0 saturated carbocycles. The van der Waals surface area contributed by atoms with Crippen LogP contribution in [0, 0.1) is 0 Å². The van der Waals surface area contributed by atoms with Crippen molar-refractivity contribution in [2.45, 2.75) is 32.5 Å². The van der Waals surface area contributed by atoms with E-state index in [9.17, 15) is 14.3 Å². The summed E-state index contributed by atoms with van der Waals surface area (Å²) in [4.78, 5) is 11.4. The molecule has 1 rings (SSSR count). The number of aliphatic hydroxyl groups excluding tert-OH is 1. The standard InChI is InChI=1S/C13H17FO3/c1-3-17-13(16)12(15)11-7-5-4-6-10(11)8-9(2)14/h4-7,9,12,15H,3,8H2,1-2H3. The molecule has 3 nitrogen and oxygen atoms in total. The highest BCUT2D eigenvalue weighted by molar-refractivity contribution is 5.76. The maximum atomic E-state index is 13.0. The van der Waals surface area contributed by atoms with Crippen molar-refractivity contribution >= 4 is 5.97 Å². The lowest BCUT2D eigenvalue weighted by Crippen LogP contribution is -2.17. The summed E-state index contributed by atoms with van der Waals surface area (Å²) in [5.74, 6) is -0.702. The Bertz CT molecular complexity index is 377. The lowest BCUT2D eigenvalue weighted by Gasteiger charge is -2.14. The van der Waals surface area contributed by atoms with Gasteiger partial charge in [0.05, 0.1) is 6.61 Å². The second kappa shape index (κ2) is 6.35. The smallest absolute Gasteiger partial charge is 0.339 e. The van der Waals surface area contributed by atoms with Crippen molar-refractivity contribution in [2.75, 3.05) is 6.61 Å². The van der Waals surface area contributed by atoms with Crippen LogP contribution < -0.4 is 0 Å². The first-order chi connectivity index (χ1) is 8.06. The third-order valence-electron chi connectivity index (χ3n) is 2.36. The van der Waals surface area contributed by atoms with Crippen LogP contribution in [0.4, 0.5) is 4.39 Å². The maximum Gasteiger partial charge on any atom is 0.339 e. The number of carbonyl (C=O) groups excluding carboxylic acids is 1. The van der Waals surface area contributed by atoms with Gasteiger partial charge in [-0.15, -0.1) is 0 Å². The van der Waals surface area contributed by atoms with Crippen LogP contribution in [-0.2, 0) is 16.0 Å². The molecule has 0 heterocycles. The van der Waals surface area contributed by atoms with Crippen molar-refractivity contribution in [1.82, 2.24) is 0 Å². The Morgan fingerprint density at radius 1 is 1.47 bits per heavy atom. The molecule has 1 N–H and O–H groups in total. The number of hydrogen-bond donors (Lipinski definition) is 1. The van der Waals surface area contributed by atoms with Crippen LogP contribution >= 0.6 is 0 Å². The first kappa shape index (κ1) is 13.6. The summed E-state index contributed by atoms with van der Waals surface area (Å²) in [5.41, 5.74) is 1.04. The van der Waals surface area contributed by atoms with E-state index >= 15 is 0 Å². The normalized spacial score (nSPS) is 14.1. The predicted octanol–water partition coefficient (Wildman–Crippen LogP) is 2.18. The highest BCUT2D eigenvalue weighted by Gasteiger charge is 2.21. The Morgan fingerprint density at radius 2 is 2.12 bits per heavy atom. The largest absolute Gasteiger partial charge is 0.464 e. The van der Waals surface area contributed by atoms with Crippen LogP contribution in [0.25, 0.3) is 0 Å². The van der Waals surface area contributed by atoms with Gasteiger partial charge in [-0.25, -0.2) is 9.18 Å². The molecule has 94 valence electrons. The van der Waals surface area contributed by atoms with Crippen LogP contribution in [0.5, 0.6) is 0 Å². The molecule has 0 aliphatic heterocycles. The summed E-state index contributed by atoms with van der Waals surface area (Å²) in [6.07, 6.45) is -2.19. The van der Waals surface area contributed by atoms with Crippen molar-refractivity contribution < 1.29 is 19.0 Å². The van der Waals surface area contributed by atoms with Crippen LogP contribution in [0.2, 0.25) is 0 Å². The molecule has 2 unspecified atom stereocenters. The number of alkyl halides is 1. The van der Waals surface area contributed by atoms with E-state index < -0.39 is 18.2 Å². The van der Waals surface area contributed by atoms with Gasteiger partial charge in [-0.2, -0.15) is 0 Å². The second-order valence-corrected chi connectivity index (χ2v) is 3.84. The molecule has 0 aliphatic carbocycles. The summed E-state index contributed by atoms with van der Waals surface area (Å²) in [7, 11) is 0. The summed E-state index contributed by atoms with van der Waals surface area (Å²) in [6.45, 7) is 3.31. The van der Waals surface area contributed by atoms with Gasteiger partial charge in [0.15, 0.2) is 6.10 Å². The molecule has 0 aliphatic rings. The van der Waals surface area contributed by atoms with Crippen molar-refractivity contribution in [3.8, 4) is 0 Å². The SMILES string of the molecule is CCOC(=O)C(O)c1ccccc1CC(C)F. The molecule has 0 bridgehead atoms. The molecule has 0 amide bonds. The Labute approximate surface area is 100 Å². The first-order valence-corrected chi connectivity index (χ1v) is 5.62. The second-order valence-electron chi connectivity index (χ2n) is 3.84. The lowest BCUT2D eigenvalue weighted by molar-refractivity contribution is -0.153. The Morgan fingerprint density at radius 3 is 2.71 bits per heavy atom. The van der Waals surface area contributed by atoms with E-state index in [1.807, 2.05) is 0 Å². The van der Waals surface area contributed by atoms with E-state index in [0.29, 0.717) is 11.1 Å². The fraction of sp³-hybridized carbons (Fsp3) is 0.462. The Kier molecular flexibility index (Phi) is 5.10. The molecule has 0 fully saturated rings. The summed E-state index contributed by atoms with van der Waals surface area (Å²) in [5, 5.41) is 9.82. The van der Waals surface area contributed by atoms with Gasteiger partial charge in [0, 0.05) is 6.42 Å². The Balaban J connectivity index is 2.92. The monoisotopic (exact) mass is 240 g/mol. The zero-order chi connectivity index (χ0) is 12.8. The van der Waals surface area contributed by atoms with Gasteiger partial charge in [-0.1, -0.05) is 24.3 Å². The number of esters is 1. The first-order valence-electron chi connectivity index (χ1n) is 5.62. The molecule has 1 aromatic carbocycles. The number of aliphatic hydroxyl groups is 1. The van der Waals surface area contributed by atoms with Crippen molar-refractivity contribution in [3.63, 3.8) is 0 Å². The van der Waals surface area contributed by atoms with E-state index in [2.05, 4.69) is 0 Å². The zero-order valence-electron chi connectivity index (χ0n) is 10.0. The highest BCUT2D eigenvalue weighted by Crippen LogP contribution is 2.21. The minimum Gasteiger partial charge on any atom is -0.464 e. The van der Waals surface area contributed by atoms with Gasteiger partial charge < -0.3 is 9.84 Å². The van der Waals surface area contributed by atoms with Crippen LogP contribution in [0.15, 0.2) is 24.3 Å². The number of rotatable bonds is 5. The van der Waals surface area contributed by atoms with Crippen LogP contribution in [0.3, 0.4) is 0 Å². The number of carbonyl (C=O) groups is 1. The van der Waals surface area contributed by atoms with E-state index in [1.54, 1.807) is 31.2 Å². The Hall–Kier alpha value is -1.42. The van der Waals surface area contributed by atoms with Gasteiger partial charge in [0.2, 0.25) is 0 Å². The highest BCUT2D eigenvalue weighted by atomic mass is 19.1. The summed E-state index contributed by atoms with van der Waals surface area (Å²) in [6, 6.07) is 6.76. The van der Waals surface area contributed by atoms with Crippen LogP contribution in [-0.4, -0.2) is 23.9 Å². The van der Waals surface area contributed by atoms with Crippen molar-refractivity contribution in [2.24, 2.45) is 0 Å². The molecule has 0 spiro atoms. The molecule has 0 aromatic heterocycles. The third kappa shape index (κ3) is 3.82. The number of ether oxygens (including phenoxy) is 1. The minimum absolute atomic E-state index is 0.173. The molecule has 17 heavy (non-hydrogen) atoms. The molecule has 0 radical (unpaired) electrons. The van der Waals surface area contributed by atoms with Crippen molar-refractivity contribution in [3.05, 3.63) is 35.4 Å². The summed E-state index contributed by atoms with van der Waals surface area (Å²) >= 11 is 0. The zero-order valence-corrected chi connectivity index (χ0v) is 10.0. The van der Waals surface area contributed by atoms with Gasteiger partial charge in [0.25, 0.3) is 0 Å². The average molecular weight is 240 g/mol. The fourth-order valence-corrected chi connectivity index (χ4v) is 1.64. The fourth-order valence-electron chi connectivity index (χ4n) is 1.64. The summed E-state index contributed by atoms with van der Waals surface area (Å²) < 4.78 is 17.7. The molecule has 2 atom stereocenters. The average Bonchev–Trinajstić information content (AvgIpc) is 2.28. The molecule has 0 saturated heterocycles. The number of halogens is 1. The molecular formula is C13H17FO3. The quantitative estimate of drug-likeness (QED) is 0.802. The number of hydrogen-bond acceptors (Lipinski definition) is 3. The molecular weight excluding hydrogens is 223 g/mol. The molecule has 4 heteroatoms. The van der Waals surface area contributed by atoms with E-state index in [4.69, 9.17) is 4.74 Å². The van der Waals surface area contributed by atoms with Gasteiger partial charge in [-0.05, 0) is 25.0 Å². The predicted molar refractivity (Wildman–Crippen MR) is 62.3 cm³/mol. The van der Waals surface area contributed by atoms with E-state index in [-0.39, 0.29) is 13.0 Å². The number of benzene rings is 1.